The fourth-order valence-corrected chi connectivity index (χ4v) is 2.65. The lowest BCUT2D eigenvalue weighted by Gasteiger charge is -2.38. The van der Waals surface area contributed by atoms with Gasteiger partial charge in [0.1, 0.15) is 6.04 Å². The van der Waals surface area contributed by atoms with Crippen LogP contribution in [0.2, 0.25) is 0 Å². The largest absolute Gasteiger partial charge is 0.328 e. The summed E-state index contributed by atoms with van der Waals surface area (Å²) in [5.41, 5.74) is 0. The van der Waals surface area contributed by atoms with Crippen LogP contribution < -0.4 is 0 Å². The molecule has 0 aromatic rings. The Morgan fingerprint density at radius 1 is 1.50 bits per heavy atom. The zero-order chi connectivity index (χ0) is 8.93. The lowest BCUT2D eigenvalue weighted by Crippen LogP contribution is -2.55. The first-order valence-corrected chi connectivity index (χ1v) is 4.60. The van der Waals surface area contributed by atoms with Crippen LogP contribution in [0.4, 0.5) is 0 Å². The summed E-state index contributed by atoms with van der Waals surface area (Å²) in [5.74, 6) is 0.252. The Morgan fingerprint density at radius 3 is 2.50 bits per heavy atom. The van der Waals surface area contributed by atoms with Gasteiger partial charge in [-0.1, -0.05) is 0 Å². The zero-order valence-corrected chi connectivity index (χ0v) is 8.08. The summed E-state index contributed by atoms with van der Waals surface area (Å²) in [5, 5.41) is 0. The van der Waals surface area contributed by atoms with E-state index in [1.807, 2.05) is 4.90 Å². The summed E-state index contributed by atoms with van der Waals surface area (Å²) in [6.07, 6.45) is 1.21. The number of nitrogens with zero attached hydrogens (tertiary/aromatic N) is 2. The van der Waals surface area contributed by atoms with E-state index in [0.717, 1.165) is 17.6 Å². The highest BCUT2D eigenvalue weighted by Crippen LogP contribution is 2.33. The van der Waals surface area contributed by atoms with Crippen LogP contribution in [-0.2, 0) is 4.79 Å². The van der Waals surface area contributed by atoms with Crippen molar-refractivity contribution >= 4 is 5.91 Å². The van der Waals surface area contributed by atoms with Crippen LogP contribution in [0.1, 0.15) is 13.3 Å². The second-order valence-corrected chi connectivity index (χ2v) is 4.68. The average molecular weight is 169 g/mol. The quantitative estimate of drug-likeness (QED) is 0.470. The molecule has 0 aromatic carbocycles. The molecule has 0 aromatic heterocycles. The first kappa shape index (κ1) is 8.05. The molecule has 12 heavy (non-hydrogen) atoms. The van der Waals surface area contributed by atoms with Gasteiger partial charge in [0.2, 0.25) is 5.91 Å². The van der Waals surface area contributed by atoms with Crippen LogP contribution in [0.5, 0.6) is 0 Å². The van der Waals surface area contributed by atoms with Crippen LogP contribution in [0.25, 0.3) is 0 Å². The third-order valence-corrected chi connectivity index (χ3v) is 3.47. The highest BCUT2D eigenvalue weighted by atomic mass is 16.2. The molecule has 68 valence electrons. The molecule has 0 radical (unpaired) electrons. The molecule has 2 fully saturated rings. The van der Waals surface area contributed by atoms with E-state index in [0.29, 0.717) is 12.1 Å². The second kappa shape index (κ2) is 2.22. The summed E-state index contributed by atoms with van der Waals surface area (Å²) >= 11 is 0. The fraction of sp³-hybridized carbons (Fsp3) is 0.889. The maximum absolute atomic E-state index is 11.2. The summed E-state index contributed by atoms with van der Waals surface area (Å²) in [6, 6.07) is 1.22. The van der Waals surface area contributed by atoms with E-state index in [4.69, 9.17) is 0 Å². The van der Waals surface area contributed by atoms with E-state index < -0.39 is 0 Å². The minimum atomic E-state index is 0.252. The third kappa shape index (κ3) is 0.959. The van der Waals surface area contributed by atoms with E-state index in [1.54, 1.807) is 6.92 Å². The molecule has 0 N–H and O–H groups in total. The Bertz CT molecular complexity index is 225. The summed E-state index contributed by atoms with van der Waals surface area (Å²) in [4.78, 5) is 13.2. The van der Waals surface area contributed by atoms with E-state index in [-0.39, 0.29) is 5.91 Å². The van der Waals surface area contributed by atoms with Crippen LogP contribution in [-0.4, -0.2) is 54.6 Å². The summed E-state index contributed by atoms with van der Waals surface area (Å²) < 4.78 is 1.11. The molecular formula is C9H17N2O+. The van der Waals surface area contributed by atoms with E-state index in [2.05, 4.69) is 14.1 Å². The first-order valence-electron chi connectivity index (χ1n) is 4.60. The maximum atomic E-state index is 11.2. The molecule has 3 nitrogen and oxygen atoms in total. The number of likely N-dealkylation sites (N-methyl/N-ethyl adjacent to an activating group) is 1. The number of carbonyl (C=O) groups excluding carboxylic acids is 1. The Labute approximate surface area is 73.5 Å². The van der Waals surface area contributed by atoms with Crippen molar-refractivity contribution in [3.63, 3.8) is 0 Å². The van der Waals surface area contributed by atoms with E-state index in [1.165, 1.54) is 6.42 Å². The molecule has 2 rings (SSSR count). The summed E-state index contributed by atoms with van der Waals surface area (Å²) in [6.45, 7) is 3.80. The highest BCUT2D eigenvalue weighted by molar-refractivity contribution is 5.74. The molecule has 2 heterocycles. The number of quaternary nitrogens is 1. The average Bonchev–Trinajstić information content (AvgIpc) is 2.40. The minimum absolute atomic E-state index is 0.252. The predicted molar refractivity (Wildman–Crippen MR) is 46.6 cm³/mol. The minimum Gasteiger partial charge on any atom is -0.328 e. The normalized spacial score (nSPS) is 37.4. The molecule has 2 unspecified atom stereocenters. The zero-order valence-electron chi connectivity index (χ0n) is 8.08. The SMILES string of the molecule is CC(=O)N1CC2CC1C[N+]2(C)C. The number of hydrogen-bond donors (Lipinski definition) is 0. The second-order valence-electron chi connectivity index (χ2n) is 4.68. The van der Waals surface area contributed by atoms with Crippen LogP contribution in [0.15, 0.2) is 0 Å². The Balaban J connectivity index is 2.13. The van der Waals surface area contributed by atoms with Gasteiger partial charge in [-0.3, -0.25) is 4.79 Å². The molecule has 2 bridgehead atoms. The van der Waals surface area contributed by atoms with Crippen molar-refractivity contribution in [1.82, 2.24) is 4.90 Å². The van der Waals surface area contributed by atoms with E-state index >= 15 is 0 Å². The standard InChI is InChI=1S/C9H17N2O/c1-7(12)10-5-9-4-8(10)6-11(9,2)3/h8-9H,4-6H2,1-3H3/q+1. The highest BCUT2D eigenvalue weighted by Gasteiger charge is 2.51. The predicted octanol–water partition coefficient (Wildman–Crippen LogP) is 0.0658. The molecule has 2 atom stereocenters. The van der Waals surface area contributed by atoms with Gasteiger partial charge in [-0.05, 0) is 0 Å². The number of likely N-dealkylation sites (tertiary alicyclic amines) is 2. The fourth-order valence-electron chi connectivity index (χ4n) is 2.65. The smallest absolute Gasteiger partial charge is 0.220 e. The van der Waals surface area contributed by atoms with Gasteiger partial charge in [-0.25, -0.2) is 0 Å². The molecule has 2 aliphatic rings. The number of fused-ring (bicyclic) bond motifs is 2. The number of hydrogen-bond acceptors (Lipinski definition) is 1. The van der Waals surface area contributed by atoms with Gasteiger partial charge >= 0.3 is 0 Å². The summed E-state index contributed by atoms with van der Waals surface area (Å²) in [7, 11) is 4.53. The molecule has 2 aliphatic heterocycles. The number of amides is 1. The van der Waals surface area contributed by atoms with Gasteiger partial charge in [0.25, 0.3) is 0 Å². The van der Waals surface area contributed by atoms with Crippen molar-refractivity contribution in [1.29, 1.82) is 0 Å². The molecule has 0 spiro atoms. The number of rotatable bonds is 0. The topological polar surface area (TPSA) is 20.3 Å². The molecule has 0 aliphatic carbocycles. The lowest BCUT2D eigenvalue weighted by molar-refractivity contribution is -0.906. The first-order chi connectivity index (χ1) is 5.50. The Morgan fingerprint density at radius 2 is 2.17 bits per heavy atom. The number of carbonyl (C=O) groups is 1. The Hall–Kier alpha value is -0.570. The van der Waals surface area contributed by atoms with Crippen molar-refractivity contribution in [2.75, 3.05) is 27.2 Å². The Kier molecular flexibility index (Phi) is 1.49. The van der Waals surface area contributed by atoms with Gasteiger partial charge in [-0.15, -0.1) is 0 Å². The number of piperazine rings is 1. The van der Waals surface area contributed by atoms with Crippen molar-refractivity contribution in [3.8, 4) is 0 Å². The van der Waals surface area contributed by atoms with Crippen molar-refractivity contribution in [2.24, 2.45) is 0 Å². The molecule has 2 saturated heterocycles. The van der Waals surface area contributed by atoms with E-state index in [9.17, 15) is 4.79 Å². The van der Waals surface area contributed by atoms with Crippen molar-refractivity contribution in [3.05, 3.63) is 0 Å². The molecule has 0 saturated carbocycles. The van der Waals surface area contributed by atoms with Crippen LogP contribution in [0.3, 0.4) is 0 Å². The third-order valence-electron chi connectivity index (χ3n) is 3.47. The van der Waals surface area contributed by atoms with Crippen LogP contribution >= 0.6 is 0 Å². The van der Waals surface area contributed by atoms with Crippen molar-refractivity contribution < 1.29 is 9.28 Å². The van der Waals surface area contributed by atoms with Crippen LogP contribution in [0, 0.1) is 0 Å². The van der Waals surface area contributed by atoms with Crippen molar-refractivity contribution in [2.45, 2.75) is 25.4 Å². The molecular weight excluding hydrogens is 152 g/mol. The maximum Gasteiger partial charge on any atom is 0.220 e. The van der Waals surface area contributed by atoms with Gasteiger partial charge < -0.3 is 9.38 Å². The van der Waals surface area contributed by atoms with Gasteiger partial charge in [-0.2, -0.15) is 0 Å². The van der Waals surface area contributed by atoms with Gasteiger partial charge in [0.05, 0.1) is 33.2 Å². The molecule has 1 amide bonds. The van der Waals surface area contributed by atoms with Gasteiger partial charge in [0, 0.05) is 13.3 Å². The molecule has 3 heteroatoms. The monoisotopic (exact) mass is 169 g/mol. The van der Waals surface area contributed by atoms with Gasteiger partial charge in [0.15, 0.2) is 0 Å². The lowest BCUT2D eigenvalue weighted by atomic mass is 10.2.